The van der Waals surface area contributed by atoms with Crippen LogP contribution in [-0.2, 0) is 14.3 Å². The number of nitrogens with one attached hydrogen (secondary N) is 1. The number of carbonyl (C=O) groups is 2. The van der Waals surface area contributed by atoms with Gasteiger partial charge in [0.25, 0.3) is 5.78 Å². The van der Waals surface area contributed by atoms with Crippen LogP contribution in [0.25, 0.3) is 16.7 Å². The summed E-state index contributed by atoms with van der Waals surface area (Å²) in [5.74, 6) is -2.19. The summed E-state index contributed by atoms with van der Waals surface area (Å²) < 4.78 is 4.27. The van der Waals surface area contributed by atoms with Gasteiger partial charge in [0, 0.05) is 28.7 Å². The van der Waals surface area contributed by atoms with Gasteiger partial charge in [0.1, 0.15) is 5.76 Å². The molecule has 0 amide bonds. The molecule has 92 valence electrons. The maximum atomic E-state index is 11.3. The number of ketones is 1. The van der Waals surface area contributed by atoms with Crippen molar-refractivity contribution in [3.05, 3.63) is 42.1 Å². The molecule has 2 N–H and O–H groups in total. The topological polar surface area (TPSA) is 79.4 Å². The highest BCUT2D eigenvalue weighted by molar-refractivity contribution is 6.39. The fraction of sp³-hybridized carbons (Fsp3) is 0.0769. The van der Waals surface area contributed by atoms with Crippen LogP contribution in [0.2, 0.25) is 0 Å². The van der Waals surface area contributed by atoms with E-state index in [0.29, 0.717) is 5.56 Å². The number of hydrogen-bond acceptors (Lipinski definition) is 4. The molecule has 0 saturated heterocycles. The van der Waals surface area contributed by atoms with Gasteiger partial charge in [0.05, 0.1) is 7.11 Å². The number of aliphatic hydroxyl groups is 1. The molecule has 0 spiro atoms. The number of aromatic nitrogens is 1. The maximum Gasteiger partial charge on any atom is 0.378 e. The zero-order valence-electron chi connectivity index (χ0n) is 9.64. The number of methoxy groups -OCH3 is 1. The summed E-state index contributed by atoms with van der Waals surface area (Å²) in [5, 5.41) is 10.6. The van der Waals surface area contributed by atoms with Crippen LogP contribution in [0.3, 0.4) is 0 Å². The van der Waals surface area contributed by atoms with Crippen molar-refractivity contribution in [2.24, 2.45) is 0 Å². The fourth-order valence-corrected chi connectivity index (χ4v) is 1.64. The van der Waals surface area contributed by atoms with E-state index in [2.05, 4.69) is 9.72 Å². The van der Waals surface area contributed by atoms with Crippen LogP contribution in [0.5, 0.6) is 0 Å². The Morgan fingerprint density at radius 1 is 1.33 bits per heavy atom. The van der Waals surface area contributed by atoms with Crippen molar-refractivity contribution >= 4 is 28.4 Å². The molecule has 18 heavy (non-hydrogen) atoms. The molecule has 0 saturated carbocycles. The second-order valence-electron chi connectivity index (χ2n) is 3.63. The van der Waals surface area contributed by atoms with E-state index in [1.54, 1.807) is 12.3 Å². The number of fused-ring (bicyclic) bond motifs is 1. The third-order valence-electron chi connectivity index (χ3n) is 2.52. The first-order valence-corrected chi connectivity index (χ1v) is 5.23. The normalized spacial score (nSPS) is 11.5. The van der Waals surface area contributed by atoms with Crippen LogP contribution in [0.4, 0.5) is 0 Å². The average molecular weight is 245 g/mol. The molecule has 5 nitrogen and oxygen atoms in total. The van der Waals surface area contributed by atoms with Gasteiger partial charge in [-0.25, -0.2) is 4.79 Å². The Morgan fingerprint density at radius 2 is 2.06 bits per heavy atom. The predicted molar refractivity (Wildman–Crippen MR) is 65.9 cm³/mol. The third kappa shape index (κ3) is 2.10. The highest BCUT2D eigenvalue weighted by Gasteiger charge is 2.14. The molecule has 0 atom stereocenters. The van der Waals surface area contributed by atoms with Crippen LogP contribution < -0.4 is 0 Å². The zero-order chi connectivity index (χ0) is 13.1. The van der Waals surface area contributed by atoms with Crippen molar-refractivity contribution < 1.29 is 19.4 Å². The monoisotopic (exact) mass is 245 g/mol. The number of hydrogen-bond donors (Lipinski definition) is 2. The van der Waals surface area contributed by atoms with Crippen molar-refractivity contribution in [3.8, 4) is 0 Å². The summed E-state index contributed by atoms with van der Waals surface area (Å²) >= 11 is 0. The minimum Gasteiger partial charge on any atom is -0.507 e. The van der Waals surface area contributed by atoms with Gasteiger partial charge in [0.2, 0.25) is 0 Å². The zero-order valence-corrected chi connectivity index (χ0v) is 9.64. The van der Waals surface area contributed by atoms with Gasteiger partial charge >= 0.3 is 5.97 Å². The molecule has 0 aliphatic heterocycles. The first-order valence-electron chi connectivity index (χ1n) is 5.23. The van der Waals surface area contributed by atoms with Gasteiger partial charge < -0.3 is 14.8 Å². The van der Waals surface area contributed by atoms with Crippen LogP contribution in [-0.4, -0.2) is 29.0 Å². The molecule has 0 aliphatic carbocycles. The lowest BCUT2D eigenvalue weighted by molar-refractivity contribution is -0.149. The number of aromatic amines is 1. The average Bonchev–Trinajstić information content (AvgIpc) is 2.81. The molecule has 0 aliphatic rings. The summed E-state index contributed by atoms with van der Waals surface area (Å²) in [6.07, 6.45) is 2.42. The Hall–Kier alpha value is -2.56. The molecule has 5 heteroatoms. The molecule has 1 aromatic heterocycles. The second kappa shape index (κ2) is 4.75. The minimum absolute atomic E-state index is 0.275. The van der Waals surface area contributed by atoms with E-state index < -0.39 is 11.8 Å². The van der Waals surface area contributed by atoms with Crippen molar-refractivity contribution in [2.45, 2.75) is 0 Å². The third-order valence-corrected chi connectivity index (χ3v) is 2.52. The van der Waals surface area contributed by atoms with Crippen molar-refractivity contribution in [2.75, 3.05) is 7.11 Å². The van der Waals surface area contributed by atoms with Crippen molar-refractivity contribution in [1.29, 1.82) is 0 Å². The van der Waals surface area contributed by atoms with Crippen LogP contribution >= 0.6 is 0 Å². The molecular weight excluding hydrogens is 234 g/mol. The number of rotatable bonds is 3. The molecule has 2 aromatic rings. The largest absolute Gasteiger partial charge is 0.507 e. The summed E-state index contributed by atoms with van der Waals surface area (Å²) in [5.41, 5.74) is 1.29. The number of carbonyl (C=O) groups excluding carboxylic acids is 2. The standard InChI is InChI=1S/C13H11NO4/c1-18-13(17)12(16)6-11(15)9-7-14-10-5-3-2-4-8(9)10/h2-7,14-15H,1H3/b11-6+. The van der Waals surface area contributed by atoms with E-state index in [-0.39, 0.29) is 5.76 Å². The SMILES string of the molecule is COC(=O)C(=O)/C=C(/O)c1c[nH]c2ccccc12. The number of para-hydroxylation sites is 1. The minimum atomic E-state index is -1.01. The number of esters is 1. The van der Waals surface area contributed by atoms with Gasteiger partial charge in [0.15, 0.2) is 0 Å². The summed E-state index contributed by atoms with van der Waals surface area (Å²) in [4.78, 5) is 25.2. The number of benzene rings is 1. The smallest absolute Gasteiger partial charge is 0.378 e. The van der Waals surface area contributed by atoms with E-state index in [9.17, 15) is 14.7 Å². The molecule has 0 bridgehead atoms. The number of H-pyrrole nitrogens is 1. The Morgan fingerprint density at radius 3 is 2.78 bits per heavy atom. The quantitative estimate of drug-likeness (QED) is 0.374. The van der Waals surface area contributed by atoms with E-state index in [1.807, 2.05) is 18.2 Å². The molecule has 1 aromatic carbocycles. The lowest BCUT2D eigenvalue weighted by Crippen LogP contribution is -2.13. The predicted octanol–water partition coefficient (Wildman–Crippen LogP) is 1.81. The first-order chi connectivity index (χ1) is 8.63. The van der Waals surface area contributed by atoms with Crippen molar-refractivity contribution in [3.63, 3.8) is 0 Å². The van der Waals surface area contributed by atoms with Crippen molar-refractivity contribution in [1.82, 2.24) is 4.98 Å². The first kappa shape index (κ1) is 11.9. The van der Waals surface area contributed by atoms with Gasteiger partial charge in [-0.15, -0.1) is 0 Å². The van der Waals surface area contributed by atoms with E-state index in [0.717, 1.165) is 24.1 Å². The molecule has 2 rings (SSSR count). The van der Waals surface area contributed by atoms with Gasteiger partial charge in [-0.05, 0) is 6.07 Å². The molecular formula is C13H11NO4. The Bertz CT molecular complexity index is 639. The number of aliphatic hydroxyl groups excluding tert-OH is 1. The Labute approximate surface area is 103 Å². The fourth-order valence-electron chi connectivity index (χ4n) is 1.64. The summed E-state index contributed by atoms with van der Waals surface area (Å²) in [6.45, 7) is 0. The van der Waals surface area contributed by atoms with E-state index >= 15 is 0 Å². The Kier molecular flexibility index (Phi) is 3.14. The van der Waals surface area contributed by atoms with Gasteiger partial charge in [-0.2, -0.15) is 0 Å². The Balaban J connectivity index is 2.39. The highest BCUT2D eigenvalue weighted by atomic mass is 16.5. The van der Waals surface area contributed by atoms with Gasteiger partial charge in [-0.3, -0.25) is 4.79 Å². The summed E-state index contributed by atoms with van der Waals surface area (Å²) in [7, 11) is 1.11. The molecule has 0 unspecified atom stereocenters. The molecule has 0 fully saturated rings. The van der Waals surface area contributed by atoms with E-state index in [4.69, 9.17) is 0 Å². The molecule has 0 radical (unpaired) electrons. The van der Waals surface area contributed by atoms with Crippen LogP contribution in [0.1, 0.15) is 5.56 Å². The van der Waals surface area contributed by atoms with Crippen LogP contribution in [0, 0.1) is 0 Å². The lowest BCUT2D eigenvalue weighted by Gasteiger charge is -1.98. The maximum absolute atomic E-state index is 11.3. The number of ether oxygens (including phenoxy) is 1. The molecule has 1 heterocycles. The lowest BCUT2D eigenvalue weighted by atomic mass is 10.1. The van der Waals surface area contributed by atoms with E-state index in [1.165, 1.54) is 0 Å². The van der Waals surface area contributed by atoms with Crippen LogP contribution in [0.15, 0.2) is 36.5 Å². The second-order valence-corrected chi connectivity index (χ2v) is 3.63. The highest BCUT2D eigenvalue weighted by Crippen LogP contribution is 2.23. The van der Waals surface area contributed by atoms with Gasteiger partial charge in [-0.1, -0.05) is 18.2 Å². The summed E-state index contributed by atoms with van der Waals surface area (Å²) in [6, 6.07) is 7.31.